The number of anilines is 5. The van der Waals surface area contributed by atoms with E-state index in [0.29, 0.717) is 55.3 Å². The summed E-state index contributed by atoms with van der Waals surface area (Å²) in [6, 6.07) is 9.00. The van der Waals surface area contributed by atoms with E-state index in [1.54, 1.807) is 23.1 Å². The minimum atomic E-state index is -4.70. The molecule has 2 aliphatic heterocycles. The zero-order valence-electron chi connectivity index (χ0n) is 26.5. The van der Waals surface area contributed by atoms with Crippen molar-refractivity contribution in [1.82, 2.24) is 14.9 Å². The van der Waals surface area contributed by atoms with Gasteiger partial charge >= 0.3 is 12.3 Å². The number of nitrogens with zero attached hydrogens (tertiary/aromatic N) is 4. The summed E-state index contributed by atoms with van der Waals surface area (Å²) in [5.74, 6) is -0.156. The third-order valence-electron chi connectivity index (χ3n) is 7.73. The van der Waals surface area contributed by atoms with Gasteiger partial charge in [0.05, 0.1) is 19.2 Å². The van der Waals surface area contributed by atoms with Crippen molar-refractivity contribution in [3.63, 3.8) is 0 Å². The molecule has 11 nitrogen and oxygen atoms in total. The highest BCUT2D eigenvalue weighted by Gasteiger charge is 2.35. The molecule has 14 heteroatoms. The van der Waals surface area contributed by atoms with E-state index >= 15 is 0 Å². The molecule has 2 amide bonds. The van der Waals surface area contributed by atoms with Crippen LogP contribution in [0.15, 0.2) is 36.5 Å². The number of aryl methyl sites for hydroxylation is 1. The van der Waals surface area contributed by atoms with E-state index in [2.05, 4.69) is 30.8 Å². The largest absolute Gasteiger partial charge is 0.494 e. The van der Waals surface area contributed by atoms with Crippen LogP contribution in [0.25, 0.3) is 0 Å². The fourth-order valence-electron chi connectivity index (χ4n) is 5.48. The van der Waals surface area contributed by atoms with Crippen molar-refractivity contribution in [2.75, 3.05) is 54.1 Å². The summed E-state index contributed by atoms with van der Waals surface area (Å²) in [5, 5.41) is 8.60. The molecule has 0 bridgehead atoms. The molecule has 3 N–H and O–H groups in total. The Kier molecular flexibility index (Phi) is 9.17. The first-order valence-corrected chi connectivity index (χ1v) is 15.0. The predicted octanol–water partition coefficient (Wildman–Crippen LogP) is 5.97. The van der Waals surface area contributed by atoms with Crippen LogP contribution in [0.1, 0.15) is 49.9 Å². The summed E-state index contributed by atoms with van der Waals surface area (Å²) in [6.45, 7) is 9.71. The van der Waals surface area contributed by atoms with Gasteiger partial charge in [0, 0.05) is 56.4 Å². The number of piperazine rings is 1. The first kappa shape index (κ1) is 32.6. The fourth-order valence-corrected chi connectivity index (χ4v) is 5.48. The highest BCUT2D eigenvalue weighted by molar-refractivity contribution is 5.99. The molecule has 5 rings (SSSR count). The molecule has 3 aromatic rings. The first-order valence-electron chi connectivity index (χ1n) is 15.0. The number of halogens is 3. The van der Waals surface area contributed by atoms with Crippen LogP contribution in [0.2, 0.25) is 0 Å². The Morgan fingerprint density at radius 3 is 2.48 bits per heavy atom. The lowest BCUT2D eigenvalue weighted by molar-refractivity contribution is -0.137. The van der Waals surface area contributed by atoms with Crippen LogP contribution in [0, 0.1) is 0 Å². The minimum absolute atomic E-state index is 0.0247. The quantitative estimate of drug-likeness (QED) is 0.273. The number of hydrogen-bond acceptors (Lipinski definition) is 9. The first-order chi connectivity index (χ1) is 21.8. The number of nitrogens with one attached hydrogen (secondary N) is 3. The Morgan fingerprint density at radius 2 is 1.83 bits per heavy atom. The number of amides is 2. The van der Waals surface area contributed by atoms with Gasteiger partial charge in [-0.2, -0.15) is 18.2 Å². The van der Waals surface area contributed by atoms with Gasteiger partial charge < -0.3 is 35.2 Å². The Morgan fingerprint density at radius 1 is 1.09 bits per heavy atom. The van der Waals surface area contributed by atoms with E-state index in [1.165, 1.54) is 7.11 Å². The van der Waals surface area contributed by atoms with Crippen molar-refractivity contribution >= 4 is 40.8 Å². The summed E-state index contributed by atoms with van der Waals surface area (Å²) in [6.07, 6.45) is -3.47. The molecule has 2 aliphatic rings. The van der Waals surface area contributed by atoms with E-state index in [9.17, 15) is 22.8 Å². The molecule has 0 atom stereocenters. The minimum Gasteiger partial charge on any atom is -0.494 e. The molecule has 1 aromatic heterocycles. The van der Waals surface area contributed by atoms with Crippen molar-refractivity contribution in [2.24, 2.45) is 0 Å². The number of fused-ring (bicyclic) bond motifs is 1. The molecule has 1 fully saturated rings. The van der Waals surface area contributed by atoms with Crippen molar-refractivity contribution in [3.8, 4) is 5.75 Å². The molecule has 0 unspecified atom stereocenters. The summed E-state index contributed by atoms with van der Waals surface area (Å²) < 4.78 is 53.0. The van der Waals surface area contributed by atoms with Gasteiger partial charge in [-0.15, -0.1) is 0 Å². The SMILES string of the molecule is CCc1cc(Nc2ncc(C(F)(F)F)c(NCc3cccc4c3CC(=O)N4)n2)c(OC)cc1N1CCN(C(=O)OC(C)(C)C)CC1. The van der Waals surface area contributed by atoms with Gasteiger partial charge in [0.25, 0.3) is 0 Å². The maximum Gasteiger partial charge on any atom is 0.421 e. The Bertz CT molecular complexity index is 1620. The number of alkyl halides is 3. The van der Waals surface area contributed by atoms with Gasteiger partial charge in [-0.3, -0.25) is 4.79 Å². The highest BCUT2D eigenvalue weighted by atomic mass is 19.4. The second-order valence-electron chi connectivity index (χ2n) is 12.1. The standard InChI is InChI=1S/C32H38F3N7O4/c1-6-19-14-24(26(45-5)16-25(19)41-10-12-42(13-11-41)30(44)46-31(2,3)4)39-29-37-18-22(32(33,34)35)28(40-29)36-17-20-8-7-9-23-21(20)15-27(43)38-23/h7-9,14,16,18H,6,10-13,15,17H2,1-5H3,(H,38,43)(H2,36,37,39,40). The number of hydrogen-bond donors (Lipinski definition) is 3. The second kappa shape index (κ2) is 12.9. The predicted molar refractivity (Wildman–Crippen MR) is 169 cm³/mol. The Labute approximate surface area is 265 Å². The molecule has 3 heterocycles. The molecular formula is C32H38F3N7O4. The normalized spacial score (nSPS) is 14.9. The summed E-state index contributed by atoms with van der Waals surface area (Å²) >= 11 is 0. The number of carbonyl (C=O) groups excluding carboxylic acids is 2. The zero-order valence-corrected chi connectivity index (χ0v) is 26.5. The van der Waals surface area contributed by atoms with Crippen LogP contribution < -0.4 is 25.6 Å². The zero-order chi connectivity index (χ0) is 33.2. The number of methoxy groups -OCH3 is 1. The van der Waals surface area contributed by atoms with Crippen molar-refractivity contribution in [1.29, 1.82) is 0 Å². The smallest absolute Gasteiger partial charge is 0.421 e. The van der Waals surface area contributed by atoms with Gasteiger partial charge in [-0.25, -0.2) is 9.78 Å². The lowest BCUT2D eigenvalue weighted by Gasteiger charge is -2.37. The lowest BCUT2D eigenvalue weighted by atomic mass is 10.0. The van der Waals surface area contributed by atoms with Crippen LogP contribution in [0.5, 0.6) is 5.75 Å². The molecule has 2 aromatic carbocycles. The van der Waals surface area contributed by atoms with Crippen LogP contribution in [-0.4, -0.2) is 65.8 Å². The van der Waals surface area contributed by atoms with E-state index in [4.69, 9.17) is 9.47 Å². The summed E-state index contributed by atoms with van der Waals surface area (Å²) in [7, 11) is 1.51. The molecule has 0 radical (unpaired) electrons. The van der Waals surface area contributed by atoms with Gasteiger partial charge in [0.2, 0.25) is 11.9 Å². The number of benzene rings is 2. The van der Waals surface area contributed by atoms with Gasteiger partial charge in [-0.05, 0) is 56.0 Å². The third-order valence-corrected chi connectivity index (χ3v) is 7.73. The topological polar surface area (TPSA) is 121 Å². The lowest BCUT2D eigenvalue weighted by Crippen LogP contribution is -2.50. The number of rotatable bonds is 8. The molecule has 46 heavy (non-hydrogen) atoms. The maximum absolute atomic E-state index is 13.9. The van der Waals surface area contributed by atoms with Crippen molar-refractivity contribution in [3.05, 3.63) is 58.8 Å². The molecule has 0 saturated carbocycles. The van der Waals surface area contributed by atoms with Gasteiger partial charge in [-0.1, -0.05) is 19.1 Å². The number of ether oxygens (including phenoxy) is 2. The average molecular weight is 642 g/mol. The van der Waals surface area contributed by atoms with E-state index in [1.807, 2.05) is 39.8 Å². The number of aromatic nitrogens is 2. The Balaban J connectivity index is 1.36. The molecule has 0 spiro atoms. The molecule has 1 saturated heterocycles. The molecule has 246 valence electrons. The monoisotopic (exact) mass is 641 g/mol. The van der Waals surface area contributed by atoms with Crippen LogP contribution in [0.4, 0.5) is 46.8 Å². The maximum atomic E-state index is 13.9. The highest BCUT2D eigenvalue weighted by Crippen LogP contribution is 2.38. The van der Waals surface area contributed by atoms with Crippen molar-refractivity contribution in [2.45, 2.75) is 58.9 Å². The summed E-state index contributed by atoms with van der Waals surface area (Å²) in [4.78, 5) is 36.4. The van der Waals surface area contributed by atoms with Crippen LogP contribution >= 0.6 is 0 Å². The van der Waals surface area contributed by atoms with Crippen molar-refractivity contribution < 1.29 is 32.2 Å². The molecular weight excluding hydrogens is 603 g/mol. The van der Waals surface area contributed by atoms with Gasteiger partial charge in [0.1, 0.15) is 22.7 Å². The van der Waals surface area contributed by atoms with E-state index in [0.717, 1.165) is 23.0 Å². The van der Waals surface area contributed by atoms with Gasteiger partial charge in [0.15, 0.2) is 0 Å². The Hall–Kier alpha value is -4.75. The van der Waals surface area contributed by atoms with Crippen LogP contribution in [-0.2, 0) is 35.1 Å². The molecule has 0 aliphatic carbocycles. The van der Waals surface area contributed by atoms with Crippen LogP contribution in [0.3, 0.4) is 0 Å². The average Bonchev–Trinajstić information content (AvgIpc) is 3.39. The third kappa shape index (κ3) is 7.37. The van der Waals surface area contributed by atoms with E-state index in [-0.39, 0.29) is 30.9 Å². The van der Waals surface area contributed by atoms with E-state index < -0.39 is 23.2 Å². The number of carbonyl (C=O) groups is 2. The fraction of sp³-hybridized carbons (Fsp3) is 0.438. The second-order valence-corrected chi connectivity index (χ2v) is 12.1. The summed E-state index contributed by atoms with van der Waals surface area (Å²) in [5.41, 5.74) is 2.89.